The molecule has 1 aliphatic rings. The van der Waals surface area contributed by atoms with Gasteiger partial charge in [0.2, 0.25) is 0 Å². The summed E-state index contributed by atoms with van der Waals surface area (Å²) in [4.78, 5) is 4.87. The second kappa shape index (κ2) is 6.80. The smallest absolute Gasteiger partial charge is 0.0366 e. The highest BCUT2D eigenvalue weighted by atomic mass is 15.2. The zero-order chi connectivity index (χ0) is 15.5. The molecule has 0 bridgehead atoms. The summed E-state index contributed by atoms with van der Waals surface area (Å²) >= 11 is 0. The fourth-order valence-corrected chi connectivity index (χ4v) is 2.81. The van der Waals surface area contributed by atoms with Gasteiger partial charge in [-0.2, -0.15) is 0 Å². The highest BCUT2D eigenvalue weighted by molar-refractivity contribution is 5.48. The molecule has 1 fully saturated rings. The van der Waals surface area contributed by atoms with Crippen LogP contribution >= 0.6 is 0 Å². The molecule has 21 heavy (non-hydrogen) atoms. The van der Waals surface area contributed by atoms with Crippen LogP contribution < -0.4 is 10.2 Å². The number of nitrogens with one attached hydrogen (secondary N) is 1. The summed E-state index contributed by atoms with van der Waals surface area (Å²) in [5.41, 5.74) is 2.86. The van der Waals surface area contributed by atoms with E-state index in [1.807, 2.05) is 0 Å². The Bertz CT molecular complexity index is 425. The largest absolute Gasteiger partial charge is 0.372 e. The number of hydrogen-bond donors (Lipinski definition) is 1. The van der Waals surface area contributed by atoms with Crippen LogP contribution in [0.5, 0.6) is 0 Å². The Labute approximate surface area is 130 Å². The number of likely N-dealkylation sites (tertiary alicyclic amines) is 1. The Hall–Kier alpha value is -1.06. The summed E-state index contributed by atoms with van der Waals surface area (Å²) in [6, 6.07) is 9.70. The van der Waals surface area contributed by atoms with E-state index in [2.05, 4.69) is 74.2 Å². The van der Waals surface area contributed by atoms with E-state index in [1.165, 1.54) is 37.2 Å². The standard InChI is InChI=1S/C18H31N3/c1-18(2,3)19-14-15-6-8-16(9-7-15)21(5)17-10-12-20(4)13-11-17/h6-9,17,19H,10-14H2,1-5H3. The van der Waals surface area contributed by atoms with E-state index < -0.39 is 0 Å². The maximum atomic E-state index is 3.54. The first kappa shape index (κ1) is 16.3. The minimum absolute atomic E-state index is 0.170. The molecule has 1 aromatic rings. The molecule has 0 spiro atoms. The number of anilines is 1. The lowest BCUT2D eigenvalue weighted by atomic mass is 10.0. The molecule has 1 aliphatic heterocycles. The van der Waals surface area contributed by atoms with E-state index in [1.54, 1.807) is 0 Å². The SMILES string of the molecule is CN1CCC(N(C)c2ccc(CNC(C)(C)C)cc2)CC1. The molecule has 0 aromatic heterocycles. The molecule has 0 saturated carbocycles. The number of nitrogens with zero attached hydrogens (tertiary/aromatic N) is 2. The van der Waals surface area contributed by atoms with Gasteiger partial charge in [0.1, 0.15) is 0 Å². The molecule has 118 valence electrons. The van der Waals surface area contributed by atoms with Crippen LogP contribution in [0.3, 0.4) is 0 Å². The van der Waals surface area contributed by atoms with E-state index >= 15 is 0 Å². The number of benzene rings is 1. The first-order valence-corrected chi connectivity index (χ1v) is 8.10. The molecule has 3 nitrogen and oxygen atoms in total. The van der Waals surface area contributed by atoms with Gasteiger partial charge in [-0.05, 0) is 71.4 Å². The number of piperidine rings is 1. The van der Waals surface area contributed by atoms with Crippen LogP contribution in [-0.2, 0) is 6.54 Å². The van der Waals surface area contributed by atoms with Gasteiger partial charge in [0.25, 0.3) is 0 Å². The maximum absolute atomic E-state index is 3.54. The maximum Gasteiger partial charge on any atom is 0.0366 e. The second-order valence-electron chi connectivity index (χ2n) is 7.42. The third kappa shape index (κ3) is 5.01. The van der Waals surface area contributed by atoms with Crippen molar-refractivity contribution in [1.82, 2.24) is 10.2 Å². The molecule has 1 N–H and O–H groups in total. The lowest BCUT2D eigenvalue weighted by Crippen LogP contribution is -2.42. The molecular formula is C18H31N3. The van der Waals surface area contributed by atoms with Crippen molar-refractivity contribution < 1.29 is 0 Å². The first-order valence-electron chi connectivity index (χ1n) is 8.10. The average molecular weight is 289 g/mol. The van der Waals surface area contributed by atoms with Crippen molar-refractivity contribution in [3.63, 3.8) is 0 Å². The van der Waals surface area contributed by atoms with E-state index in [4.69, 9.17) is 0 Å². The zero-order valence-electron chi connectivity index (χ0n) is 14.3. The third-order valence-electron chi connectivity index (χ3n) is 4.40. The Balaban J connectivity index is 1.92. The van der Waals surface area contributed by atoms with Gasteiger partial charge in [0, 0.05) is 30.9 Å². The van der Waals surface area contributed by atoms with Crippen LogP contribution in [0.15, 0.2) is 24.3 Å². The van der Waals surface area contributed by atoms with Crippen LogP contribution in [-0.4, -0.2) is 43.7 Å². The summed E-state index contributed by atoms with van der Waals surface area (Å²) < 4.78 is 0. The lowest BCUT2D eigenvalue weighted by molar-refractivity contribution is 0.253. The molecular weight excluding hydrogens is 258 g/mol. The van der Waals surface area contributed by atoms with Crippen molar-refractivity contribution in [2.24, 2.45) is 0 Å². The molecule has 1 aromatic carbocycles. The topological polar surface area (TPSA) is 18.5 Å². The molecule has 0 atom stereocenters. The van der Waals surface area contributed by atoms with Crippen molar-refractivity contribution in [3.05, 3.63) is 29.8 Å². The molecule has 0 unspecified atom stereocenters. The molecule has 0 radical (unpaired) electrons. The van der Waals surface area contributed by atoms with Crippen LogP contribution in [0.1, 0.15) is 39.2 Å². The Kier molecular flexibility index (Phi) is 5.28. The summed E-state index contributed by atoms with van der Waals surface area (Å²) in [5, 5.41) is 3.54. The predicted octanol–water partition coefficient (Wildman–Crippen LogP) is 3.11. The third-order valence-corrected chi connectivity index (χ3v) is 4.40. The number of rotatable bonds is 4. The van der Waals surface area contributed by atoms with Crippen molar-refractivity contribution in [2.45, 2.75) is 51.7 Å². The van der Waals surface area contributed by atoms with Gasteiger partial charge in [-0.25, -0.2) is 0 Å². The van der Waals surface area contributed by atoms with Crippen molar-refractivity contribution in [1.29, 1.82) is 0 Å². The van der Waals surface area contributed by atoms with Crippen LogP contribution in [0.2, 0.25) is 0 Å². The van der Waals surface area contributed by atoms with Gasteiger partial charge < -0.3 is 15.1 Å². The Morgan fingerprint density at radius 2 is 1.71 bits per heavy atom. The zero-order valence-corrected chi connectivity index (χ0v) is 14.3. The normalized spacial score (nSPS) is 18.0. The molecule has 0 aliphatic carbocycles. The van der Waals surface area contributed by atoms with Crippen molar-refractivity contribution >= 4 is 5.69 Å². The first-order chi connectivity index (χ1) is 9.85. The average Bonchev–Trinajstić information content (AvgIpc) is 2.45. The Morgan fingerprint density at radius 1 is 1.14 bits per heavy atom. The summed E-state index contributed by atoms with van der Waals surface area (Å²) in [5.74, 6) is 0. The van der Waals surface area contributed by atoms with Gasteiger partial charge in [0.15, 0.2) is 0 Å². The van der Waals surface area contributed by atoms with Gasteiger partial charge in [-0.3, -0.25) is 0 Å². The van der Waals surface area contributed by atoms with Crippen molar-refractivity contribution in [2.75, 3.05) is 32.1 Å². The summed E-state index contributed by atoms with van der Waals surface area (Å²) in [6.45, 7) is 9.96. The van der Waals surface area contributed by atoms with Gasteiger partial charge in [0.05, 0.1) is 0 Å². The van der Waals surface area contributed by atoms with Crippen LogP contribution in [0.4, 0.5) is 5.69 Å². The second-order valence-corrected chi connectivity index (χ2v) is 7.42. The van der Waals surface area contributed by atoms with E-state index in [0.29, 0.717) is 6.04 Å². The van der Waals surface area contributed by atoms with Gasteiger partial charge >= 0.3 is 0 Å². The Morgan fingerprint density at radius 3 is 2.24 bits per heavy atom. The van der Waals surface area contributed by atoms with Crippen LogP contribution in [0, 0.1) is 0 Å². The minimum atomic E-state index is 0.170. The van der Waals surface area contributed by atoms with Crippen LogP contribution in [0.25, 0.3) is 0 Å². The number of hydrogen-bond acceptors (Lipinski definition) is 3. The van der Waals surface area contributed by atoms with Gasteiger partial charge in [-0.1, -0.05) is 12.1 Å². The van der Waals surface area contributed by atoms with Crippen molar-refractivity contribution in [3.8, 4) is 0 Å². The summed E-state index contributed by atoms with van der Waals surface area (Å²) in [6.07, 6.45) is 2.53. The minimum Gasteiger partial charge on any atom is -0.372 e. The monoisotopic (exact) mass is 289 g/mol. The summed E-state index contributed by atoms with van der Waals surface area (Å²) in [7, 11) is 4.45. The lowest BCUT2D eigenvalue weighted by Gasteiger charge is -2.36. The van der Waals surface area contributed by atoms with Gasteiger partial charge in [-0.15, -0.1) is 0 Å². The molecule has 0 amide bonds. The van der Waals surface area contributed by atoms with E-state index in [0.717, 1.165) is 6.54 Å². The molecule has 1 saturated heterocycles. The fourth-order valence-electron chi connectivity index (χ4n) is 2.81. The highest BCUT2D eigenvalue weighted by Gasteiger charge is 2.20. The quantitative estimate of drug-likeness (QED) is 0.919. The van der Waals surface area contributed by atoms with E-state index in [9.17, 15) is 0 Å². The molecule has 1 heterocycles. The molecule has 2 rings (SSSR count). The van der Waals surface area contributed by atoms with E-state index in [-0.39, 0.29) is 5.54 Å². The highest BCUT2D eigenvalue weighted by Crippen LogP contribution is 2.22. The molecule has 3 heteroatoms. The fraction of sp³-hybridized carbons (Fsp3) is 0.667. The predicted molar refractivity (Wildman–Crippen MR) is 92.0 cm³/mol.